The summed E-state index contributed by atoms with van der Waals surface area (Å²) < 4.78 is 5.51. The van der Waals surface area contributed by atoms with Crippen molar-refractivity contribution in [1.82, 2.24) is 4.98 Å². The minimum Gasteiger partial charge on any atom is -0.423 e. The lowest BCUT2D eigenvalue weighted by Gasteiger charge is -2.09. The number of nitrogens with zero attached hydrogens (tertiary/aromatic N) is 2. The molecule has 1 fully saturated rings. The highest BCUT2D eigenvalue weighted by Gasteiger charge is 2.31. The molecule has 0 radical (unpaired) electrons. The molecule has 1 amide bonds. The summed E-state index contributed by atoms with van der Waals surface area (Å²) in [5, 5.41) is 0.585. The van der Waals surface area contributed by atoms with Crippen LogP contribution in [0.4, 0.5) is 6.01 Å². The molecule has 0 spiro atoms. The quantitative estimate of drug-likeness (QED) is 0.835. The van der Waals surface area contributed by atoms with Gasteiger partial charge in [0.1, 0.15) is 5.52 Å². The monoisotopic (exact) mass is 251 g/mol. The lowest BCUT2D eigenvalue weighted by atomic mass is 10.3. The molecule has 0 bridgehead atoms. The molecule has 2 N–H and O–H groups in total. The Kier molecular flexibility index (Phi) is 2.31. The first-order valence-electron chi connectivity index (χ1n) is 5.25. The van der Waals surface area contributed by atoms with E-state index < -0.39 is 0 Å². The van der Waals surface area contributed by atoms with Gasteiger partial charge in [0.05, 0.1) is 0 Å². The Bertz CT molecular complexity index is 595. The lowest BCUT2D eigenvalue weighted by Crippen LogP contribution is -2.28. The van der Waals surface area contributed by atoms with Crippen LogP contribution < -0.4 is 10.6 Å². The standard InChI is InChI=1S/C11H10ClN3O2/c12-6-1-2-9-8(3-6)14-11(17-9)15-5-7(13)4-10(15)16/h1-3,7H,4-5,13H2. The average molecular weight is 252 g/mol. The van der Waals surface area contributed by atoms with Crippen LogP contribution in [0, 0.1) is 0 Å². The van der Waals surface area contributed by atoms with E-state index in [2.05, 4.69) is 4.98 Å². The Morgan fingerprint density at radius 1 is 1.53 bits per heavy atom. The maximum absolute atomic E-state index is 11.6. The minimum absolute atomic E-state index is 0.0600. The second-order valence-electron chi connectivity index (χ2n) is 4.08. The molecule has 2 aromatic rings. The van der Waals surface area contributed by atoms with E-state index in [0.717, 1.165) is 0 Å². The molecule has 0 aliphatic carbocycles. The zero-order chi connectivity index (χ0) is 12.0. The summed E-state index contributed by atoms with van der Waals surface area (Å²) in [5.74, 6) is -0.0600. The Morgan fingerprint density at radius 3 is 3.06 bits per heavy atom. The first-order chi connectivity index (χ1) is 8.13. The molecule has 17 heavy (non-hydrogen) atoms. The number of hydrogen-bond acceptors (Lipinski definition) is 4. The molecule has 6 heteroatoms. The van der Waals surface area contributed by atoms with Gasteiger partial charge in [0.2, 0.25) is 5.91 Å². The maximum atomic E-state index is 11.6. The number of nitrogens with two attached hydrogens (primary N) is 1. The van der Waals surface area contributed by atoms with Gasteiger partial charge < -0.3 is 10.2 Å². The first kappa shape index (κ1) is 10.6. The highest BCUT2D eigenvalue weighted by molar-refractivity contribution is 6.31. The summed E-state index contributed by atoms with van der Waals surface area (Å²) in [6, 6.07) is 5.29. The fourth-order valence-electron chi connectivity index (χ4n) is 1.92. The van der Waals surface area contributed by atoms with Crippen molar-refractivity contribution in [3.05, 3.63) is 23.2 Å². The average Bonchev–Trinajstić information content (AvgIpc) is 2.80. The van der Waals surface area contributed by atoms with Crippen LogP contribution in [-0.4, -0.2) is 23.5 Å². The van der Waals surface area contributed by atoms with Gasteiger partial charge in [-0.15, -0.1) is 0 Å². The molecule has 1 aromatic heterocycles. The third kappa shape index (κ3) is 1.77. The first-order valence-corrected chi connectivity index (χ1v) is 5.63. The Morgan fingerprint density at radius 2 is 2.35 bits per heavy atom. The molecule has 0 saturated carbocycles. The predicted octanol–water partition coefficient (Wildman–Crippen LogP) is 1.55. The molecule has 1 aliphatic rings. The topological polar surface area (TPSA) is 72.4 Å². The summed E-state index contributed by atoms with van der Waals surface area (Å²) in [4.78, 5) is 17.4. The smallest absolute Gasteiger partial charge is 0.305 e. The molecule has 1 atom stereocenters. The van der Waals surface area contributed by atoms with Crippen LogP contribution in [0.5, 0.6) is 0 Å². The Balaban J connectivity index is 2.03. The van der Waals surface area contributed by atoms with E-state index in [9.17, 15) is 4.79 Å². The van der Waals surface area contributed by atoms with Crippen molar-refractivity contribution in [3.8, 4) is 0 Å². The van der Waals surface area contributed by atoms with Gasteiger partial charge in [-0.3, -0.25) is 9.69 Å². The van der Waals surface area contributed by atoms with E-state index in [1.54, 1.807) is 18.2 Å². The molecule has 1 saturated heterocycles. The van der Waals surface area contributed by atoms with Crippen LogP contribution in [0.1, 0.15) is 6.42 Å². The lowest BCUT2D eigenvalue weighted by molar-refractivity contribution is -0.117. The summed E-state index contributed by atoms with van der Waals surface area (Å²) in [5.41, 5.74) is 6.97. The number of halogens is 1. The summed E-state index contributed by atoms with van der Waals surface area (Å²) in [6.45, 7) is 0.444. The normalized spacial score (nSPS) is 20.5. The zero-order valence-corrected chi connectivity index (χ0v) is 9.65. The van der Waals surface area contributed by atoms with Crippen LogP contribution in [0.25, 0.3) is 11.1 Å². The highest BCUT2D eigenvalue weighted by atomic mass is 35.5. The van der Waals surface area contributed by atoms with Crippen LogP contribution in [0.3, 0.4) is 0 Å². The van der Waals surface area contributed by atoms with E-state index in [1.165, 1.54) is 4.90 Å². The summed E-state index contributed by atoms with van der Waals surface area (Å²) in [6.07, 6.45) is 0.333. The zero-order valence-electron chi connectivity index (χ0n) is 8.89. The van der Waals surface area contributed by atoms with Crippen LogP contribution in [0.2, 0.25) is 5.02 Å². The predicted molar refractivity (Wildman–Crippen MR) is 64.0 cm³/mol. The molecular formula is C11H10ClN3O2. The number of anilines is 1. The number of rotatable bonds is 1. The SMILES string of the molecule is NC1CC(=O)N(c2nc3cc(Cl)ccc3o2)C1. The van der Waals surface area contributed by atoms with E-state index in [4.69, 9.17) is 21.8 Å². The fourth-order valence-corrected chi connectivity index (χ4v) is 2.09. The number of hydrogen-bond donors (Lipinski definition) is 1. The third-order valence-corrected chi connectivity index (χ3v) is 2.96. The van der Waals surface area contributed by atoms with E-state index in [-0.39, 0.29) is 11.9 Å². The number of oxazole rings is 1. The second-order valence-corrected chi connectivity index (χ2v) is 4.51. The van der Waals surface area contributed by atoms with Crippen LogP contribution >= 0.6 is 11.6 Å². The fraction of sp³-hybridized carbons (Fsp3) is 0.273. The van der Waals surface area contributed by atoms with Crippen molar-refractivity contribution in [1.29, 1.82) is 0 Å². The number of fused-ring (bicyclic) bond motifs is 1. The van der Waals surface area contributed by atoms with Gasteiger partial charge >= 0.3 is 6.01 Å². The summed E-state index contributed by atoms with van der Waals surface area (Å²) >= 11 is 5.86. The van der Waals surface area contributed by atoms with Crippen molar-refractivity contribution >= 4 is 34.6 Å². The minimum atomic E-state index is -0.152. The van der Waals surface area contributed by atoms with Crippen LogP contribution in [0.15, 0.2) is 22.6 Å². The van der Waals surface area contributed by atoms with E-state index >= 15 is 0 Å². The number of carbonyl (C=O) groups excluding carboxylic acids is 1. The molecule has 88 valence electrons. The van der Waals surface area contributed by atoms with Crippen LogP contribution in [-0.2, 0) is 4.79 Å². The molecule has 3 rings (SSSR count). The van der Waals surface area contributed by atoms with Gasteiger partial charge in [0, 0.05) is 24.0 Å². The van der Waals surface area contributed by atoms with Crippen molar-refractivity contribution in [2.24, 2.45) is 5.73 Å². The molecule has 1 unspecified atom stereocenters. The van der Waals surface area contributed by atoms with Gasteiger partial charge in [0.25, 0.3) is 0 Å². The van der Waals surface area contributed by atoms with Crippen molar-refractivity contribution < 1.29 is 9.21 Å². The van der Waals surface area contributed by atoms with Gasteiger partial charge in [-0.25, -0.2) is 0 Å². The number of aromatic nitrogens is 1. The Hall–Kier alpha value is -1.59. The second kappa shape index (κ2) is 3.72. The van der Waals surface area contributed by atoms with Crippen molar-refractivity contribution in [2.75, 3.05) is 11.4 Å². The largest absolute Gasteiger partial charge is 0.423 e. The summed E-state index contributed by atoms with van der Waals surface area (Å²) in [7, 11) is 0. The highest BCUT2D eigenvalue weighted by Crippen LogP contribution is 2.26. The van der Waals surface area contributed by atoms with E-state index in [0.29, 0.717) is 35.1 Å². The molecular weight excluding hydrogens is 242 g/mol. The van der Waals surface area contributed by atoms with E-state index in [1.807, 2.05) is 0 Å². The maximum Gasteiger partial charge on any atom is 0.305 e. The number of benzene rings is 1. The number of amides is 1. The molecule has 1 aromatic carbocycles. The van der Waals surface area contributed by atoms with Gasteiger partial charge in [-0.2, -0.15) is 4.98 Å². The van der Waals surface area contributed by atoms with Gasteiger partial charge in [0.15, 0.2) is 5.58 Å². The van der Waals surface area contributed by atoms with Gasteiger partial charge in [-0.05, 0) is 18.2 Å². The Labute approximate surface area is 102 Å². The molecule has 2 heterocycles. The third-order valence-electron chi connectivity index (χ3n) is 2.72. The molecule has 5 nitrogen and oxygen atoms in total. The van der Waals surface area contributed by atoms with Gasteiger partial charge in [-0.1, -0.05) is 11.6 Å². The number of carbonyl (C=O) groups is 1. The van der Waals surface area contributed by atoms with Crippen molar-refractivity contribution in [2.45, 2.75) is 12.5 Å². The molecule has 1 aliphatic heterocycles. The van der Waals surface area contributed by atoms with Crippen molar-refractivity contribution in [3.63, 3.8) is 0 Å².